The molecule has 1 N–H and O–H groups in total. The standard InChI is InChI=1S/C13H14F3N5O2/c1-21(6-5-9-17-12(23-20-9)13(14,15)16)11(22)10-7-3-2-4-8(7)18-19-10/h2-6H2,1H3,(H,18,19). The zero-order chi connectivity index (χ0) is 16.6. The average Bonchev–Trinajstić information content (AvgIpc) is 3.18. The van der Waals surface area contributed by atoms with Crippen molar-refractivity contribution in [3.8, 4) is 0 Å². The zero-order valence-electron chi connectivity index (χ0n) is 12.3. The number of nitrogens with one attached hydrogen (secondary N) is 1. The number of halogens is 3. The molecule has 2 heterocycles. The summed E-state index contributed by atoms with van der Waals surface area (Å²) in [5, 5.41) is 10.2. The van der Waals surface area contributed by atoms with Crippen LogP contribution in [0.1, 0.15) is 39.9 Å². The Balaban J connectivity index is 1.62. The Morgan fingerprint density at radius 2 is 2.17 bits per heavy atom. The third-order valence-electron chi connectivity index (χ3n) is 3.74. The van der Waals surface area contributed by atoms with Crippen molar-refractivity contribution in [2.24, 2.45) is 0 Å². The van der Waals surface area contributed by atoms with Crippen LogP contribution in [0.5, 0.6) is 0 Å². The van der Waals surface area contributed by atoms with Crippen molar-refractivity contribution in [3.63, 3.8) is 0 Å². The second-order valence-electron chi connectivity index (χ2n) is 5.37. The topological polar surface area (TPSA) is 87.9 Å². The monoisotopic (exact) mass is 329 g/mol. The fourth-order valence-electron chi connectivity index (χ4n) is 2.52. The van der Waals surface area contributed by atoms with Crippen LogP contribution in [0.4, 0.5) is 13.2 Å². The van der Waals surface area contributed by atoms with E-state index < -0.39 is 12.1 Å². The summed E-state index contributed by atoms with van der Waals surface area (Å²) in [6, 6.07) is 0. The molecule has 124 valence electrons. The summed E-state index contributed by atoms with van der Waals surface area (Å²) in [5.74, 6) is -1.75. The van der Waals surface area contributed by atoms with E-state index in [-0.39, 0.29) is 24.7 Å². The first-order valence-corrected chi connectivity index (χ1v) is 7.07. The van der Waals surface area contributed by atoms with E-state index in [1.165, 1.54) is 4.90 Å². The van der Waals surface area contributed by atoms with Crippen LogP contribution in [0.3, 0.4) is 0 Å². The van der Waals surface area contributed by atoms with Crippen LogP contribution >= 0.6 is 0 Å². The molecule has 0 aliphatic heterocycles. The highest BCUT2D eigenvalue weighted by atomic mass is 19.4. The number of carbonyl (C=O) groups is 1. The molecular formula is C13H14F3N5O2. The van der Waals surface area contributed by atoms with Gasteiger partial charge in [0.25, 0.3) is 5.91 Å². The van der Waals surface area contributed by atoms with Crippen molar-refractivity contribution in [1.29, 1.82) is 0 Å². The Morgan fingerprint density at radius 1 is 1.39 bits per heavy atom. The van der Waals surface area contributed by atoms with E-state index in [9.17, 15) is 18.0 Å². The van der Waals surface area contributed by atoms with E-state index in [0.717, 1.165) is 30.5 Å². The van der Waals surface area contributed by atoms with Gasteiger partial charge in [0.2, 0.25) is 0 Å². The number of amides is 1. The number of hydrogen-bond donors (Lipinski definition) is 1. The van der Waals surface area contributed by atoms with E-state index in [2.05, 4.69) is 24.9 Å². The fourth-order valence-corrected chi connectivity index (χ4v) is 2.52. The SMILES string of the molecule is CN(CCc1noc(C(F)(F)F)n1)C(=O)c1n[nH]c2c1CCC2. The van der Waals surface area contributed by atoms with Gasteiger partial charge in [-0.2, -0.15) is 23.3 Å². The van der Waals surface area contributed by atoms with Crippen LogP contribution in [0, 0.1) is 0 Å². The second-order valence-corrected chi connectivity index (χ2v) is 5.37. The Labute approximate surface area is 128 Å². The zero-order valence-corrected chi connectivity index (χ0v) is 12.3. The molecule has 1 aliphatic carbocycles. The minimum Gasteiger partial charge on any atom is -0.340 e. The Hall–Kier alpha value is -2.39. The van der Waals surface area contributed by atoms with Gasteiger partial charge in [0.05, 0.1) is 0 Å². The molecule has 0 unspecified atom stereocenters. The maximum atomic E-state index is 12.4. The lowest BCUT2D eigenvalue weighted by atomic mass is 10.2. The first-order chi connectivity index (χ1) is 10.9. The van der Waals surface area contributed by atoms with Gasteiger partial charge in [0.15, 0.2) is 11.5 Å². The molecule has 3 rings (SSSR count). The molecule has 0 spiro atoms. The summed E-state index contributed by atoms with van der Waals surface area (Å²) in [5.41, 5.74) is 2.29. The molecule has 0 atom stereocenters. The Morgan fingerprint density at radius 3 is 2.87 bits per heavy atom. The smallest absolute Gasteiger partial charge is 0.340 e. The molecule has 7 nitrogen and oxygen atoms in total. The van der Waals surface area contributed by atoms with Gasteiger partial charge in [0, 0.05) is 31.3 Å². The number of rotatable bonds is 4. The molecule has 0 saturated carbocycles. The van der Waals surface area contributed by atoms with E-state index in [1.54, 1.807) is 7.05 Å². The number of aromatic amines is 1. The van der Waals surface area contributed by atoms with Crippen LogP contribution in [-0.2, 0) is 25.4 Å². The van der Waals surface area contributed by atoms with Crippen molar-refractivity contribution in [1.82, 2.24) is 25.2 Å². The highest BCUT2D eigenvalue weighted by molar-refractivity contribution is 5.94. The van der Waals surface area contributed by atoms with Crippen LogP contribution in [0.25, 0.3) is 0 Å². The molecule has 0 saturated heterocycles. The number of aromatic nitrogens is 4. The summed E-state index contributed by atoms with van der Waals surface area (Å²) in [6.07, 6.45) is -1.93. The minimum absolute atomic E-state index is 0.0639. The van der Waals surface area contributed by atoms with E-state index in [1.807, 2.05) is 0 Å². The number of hydrogen-bond acceptors (Lipinski definition) is 5. The van der Waals surface area contributed by atoms with Gasteiger partial charge in [-0.05, 0) is 19.3 Å². The third-order valence-corrected chi connectivity index (χ3v) is 3.74. The van der Waals surface area contributed by atoms with Gasteiger partial charge >= 0.3 is 12.1 Å². The van der Waals surface area contributed by atoms with Crippen molar-refractivity contribution in [3.05, 3.63) is 28.7 Å². The quantitative estimate of drug-likeness (QED) is 0.921. The number of alkyl halides is 3. The van der Waals surface area contributed by atoms with Gasteiger partial charge in [-0.1, -0.05) is 5.16 Å². The lowest BCUT2D eigenvalue weighted by Crippen LogP contribution is -2.30. The molecule has 2 aromatic heterocycles. The summed E-state index contributed by atoms with van der Waals surface area (Å²) in [7, 11) is 1.56. The predicted octanol–water partition coefficient (Wildman–Crippen LogP) is 1.61. The third kappa shape index (κ3) is 3.06. The van der Waals surface area contributed by atoms with Gasteiger partial charge in [-0.15, -0.1) is 0 Å². The number of fused-ring (bicyclic) bond motifs is 1. The number of carbonyl (C=O) groups excluding carboxylic acids is 1. The van der Waals surface area contributed by atoms with Crippen LogP contribution in [-0.4, -0.2) is 44.7 Å². The second kappa shape index (κ2) is 5.67. The molecule has 23 heavy (non-hydrogen) atoms. The highest BCUT2D eigenvalue weighted by Crippen LogP contribution is 2.27. The molecule has 0 bridgehead atoms. The first kappa shape index (κ1) is 15.5. The number of likely N-dealkylation sites (N-methyl/N-ethyl adjacent to an activating group) is 1. The van der Waals surface area contributed by atoms with Crippen LogP contribution in [0.15, 0.2) is 4.52 Å². The Kier molecular flexibility index (Phi) is 3.82. The highest BCUT2D eigenvalue weighted by Gasteiger charge is 2.38. The van der Waals surface area contributed by atoms with E-state index in [4.69, 9.17) is 0 Å². The number of aryl methyl sites for hydroxylation is 1. The number of nitrogens with zero attached hydrogens (tertiary/aromatic N) is 4. The van der Waals surface area contributed by atoms with Crippen LogP contribution < -0.4 is 0 Å². The lowest BCUT2D eigenvalue weighted by Gasteiger charge is -2.15. The van der Waals surface area contributed by atoms with Gasteiger partial charge < -0.3 is 9.42 Å². The van der Waals surface area contributed by atoms with Crippen LogP contribution in [0.2, 0.25) is 0 Å². The maximum Gasteiger partial charge on any atom is 0.471 e. The molecule has 0 aromatic carbocycles. The normalized spacial score (nSPS) is 14.1. The van der Waals surface area contributed by atoms with Gasteiger partial charge in [0.1, 0.15) is 0 Å². The minimum atomic E-state index is -4.66. The summed E-state index contributed by atoms with van der Waals surface area (Å²) in [6.45, 7) is 0.164. The first-order valence-electron chi connectivity index (χ1n) is 7.07. The van der Waals surface area contributed by atoms with Crippen molar-refractivity contribution >= 4 is 5.91 Å². The summed E-state index contributed by atoms with van der Waals surface area (Å²) < 4.78 is 41.3. The molecule has 10 heteroatoms. The van der Waals surface area contributed by atoms with Gasteiger partial charge in [-0.3, -0.25) is 9.89 Å². The molecule has 0 radical (unpaired) electrons. The lowest BCUT2D eigenvalue weighted by molar-refractivity contribution is -0.159. The van der Waals surface area contributed by atoms with E-state index in [0.29, 0.717) is 5.69 Å². The van der Waals surface area contributed by atoms with Gasteiger partial charge in [-0.25, -0.2) is 0 Å². The Bertz CT molecular complexity index is 722. The van der Waals surface area contributed by atoms with Crippen molar-refractivity contribution in [2.45, 2.75) is 31.9 Å². The largest absolute Gasteiger partial charge is 0.471 e. The molecule has 0 fully saturated rings. The van der Waals surface area contributed by atoms with Crippen molar-refractivity contribution in [2.75, 3.05) is 13.6 Å². The predicted molar refractivity (Wildman–Crippen MR) is 70.6 cm³/mol. The fraction of sp³-hybridized carbons (Fsp3) is 0.538. The molecule has 1 aliphatic rings. The molecular weight excluding hydrogens is 315 g/mol. The van der Waals surface area contributed by atoms with Crippen molar-refractivity contribution < 1.29 is 22.5 Å². The summed E-state index contributed by atoms with van der Waals surface area (Å²) >= 11 is 0. The van der Waals surface area contributed by atoms with E-state index >= 15 is 0 Å². The number of H-pyrrole nitrogens is 1. The maximum absolute atomic E-state index is 12.4. The molecule has 2 aromatic rings. The summed E-state index contributed by atoms with van der Waals surface area (Å²) in [4.78, 5) is 17.0. The average molecular weight is 329 g/mol. The molecule has 1 amide bonds.